The van der Waals surface area contributed by atoms with Gasteiger partial charge in [0.05, 0.1) is 11.4 Å². The van der Waals surface area contributed by atoms with Gasteiger partial charge in [-0.3, -0.25) is 4.99 Å². The molecule has 36 heavy (non-hydrogen) atoms. The summed E-state index contributed by atoms with van der Waals surface area (Å²) in [6.45, 7) is 24.4. The molecule has 0 spiro atoms. The molecule has 3 heteroatoms. The molecule has 0 saturated carbocycles. The molecule has 0 bridgehead atoms. The second kappa shape index (κ2) is 15.9. The van der Waals surface area contributed by atoms with Crippen molar-refractivity contribution in [3.05, 3.63) is 91.0 Å². The summed E-state index contributed by atoms with van der Waals surface area (Å²) in [7, 11) is 0. The minimum atomic E-state index is -1.43. The zero-order valence-electron chi connectivity index (χ0n) is 23.5. The highest BCUT2D eigenvalue weighted by molar-refractivity contribution is 5.95. The van der Waals surface area contributed by atoms with E-state index in [0.717, 1.165) is 28.9 Å². The van der Waals surface area contributed by atoms with E-state index in [1.165, 1.54) is 45.1 Å². The maximum absolute atomic E-state index is 14.2. The number of allylic oxidation sites excluding steroid dienone is 1. The van der Waals surface area contributed by atoms with Gasteiger partial charge >= 0.3 is 0 Å². The first-order valence-electron chi connectivity index (χ1n) is 13.2. The van der Waals surface area contributed by atoms with Crippen molar-refractivity contribution in [2.45, 2.75) is 79.3 Å². The number of alkyl halides is 1. The van der Waals surface area contributed by atoms with Gasteiger partial charge in [-0.15, -0.1) is 0 Å². The van der Waals surface area contributed by atoms with Crippen molar-refractivity contribution in [2.24, 2.45) is 10.9 Å². The van der Waals surface area contributed by atoms with Crippen molar-refractivity contribution in [2.75, 3.05) is 6.54 Å². The standard InChI is InChI=1S/C24H37FN2.C9H10/c1-8-10-11-12-18(3)17-26-19(4)21-13-15-22(16-14-21)20(5)27-23(9-2)24(6,7)25;1-8(2)9-6-4-3-5-7-9/h13-16,18,26H,4-5,8-12,17H2,1-3,6-7H3;3-7H,1H2,2H3. The number of aliphatic imine (C=N–C) groups is 1. The molecule has 2 aromatic carbocycles. The van der Waals surface area contributed by atoms with Crippen LogP contribution in [0.25, 0.3) is 17.0 Å². The number of unbranched alkanes of at least 4 members (excludes halogenated alkanes) is 2. The Kier molecular flexibility index (Phi) is 13.8. The van der Waals surface area contributed by atoms with Gasteiger partial charge in [-0.05, 0) is 56.2 Å². The Morgan fingerprint density at radius 1 is 0.917 bits per heavy atom. The summed E-state index contributed by atoms with van der Waals surface area (Å²) in [5, 5.41) is 3.44. The fourth-order valence-electron chi connectivity index (χ4n) is 3.69. The Morgan fingerprint density at radius 3 is 1.97 bits per heavy atom. The summed E-state index contributed by atoms with van der Waals surface area (Å²) >= 11 is 0. The predicted molar refractivity (Wildman–Crippen MR) is 160 cm³/mol. The number of halogens is 1. The van der Waals surface area contributed by atoms with E-state index < -0.39 is 5.67 Å². The zero-order chi connectivity index (χ0) is 27.1. The Labute approximate surface area is 220 Å². The van der Waals surface area contributed by atoms with E-state index in [1.807, 2.05) is 56.3 Å². The molecular formula is C33H47FN2. The van der Waals surface area contributed by atoms with Crippen LogP contribution in [0.5, 0.6) is 0 Å². The monoisotopic (exact) mass is 490 g/mol. The molecule has 2 aromatic rings. The lowest BCUT2D eigenvalue weighted by Crippen LogP contribution is -2.25. The number of benzene rings is 2. The number of hydrogen-bond acceptors (Lipinski definition) is 2. The van der Waals surface area contributed by atoms with Crippen LogP contribution < -0.4 is 5.32 Å². The second-order valence-corrected chi connectivity index (χ2v) is 10.0. The Hall–Kier alpha value is -2.94. The molecule has 0 aromatic heterocycles. The second-order valence-electron chi connectivity index (χ2n) is 10.0. The van der Waals surface area contributed by atoms with E-state index in [2.05, 4.69) is 56.0 Å². The maximum atomic E-state index is 14.2. The summed E-state index contributed by atoms with van der Waals surface area (Å²) in [6.07, 6.45) is 5.67. The minimum Gasteiger partial charge on any atom is -0.385 e. The smallest absolute Gasteiger partial charge is 0.143 e. The van der Waals surface area contributed by atoms with Crippen LogP contribution in [-0.2, 0) is 0 Å². The molecular weight excluding hydrogens is 443 g/mol. The third kappa shape index (κ3) is 11.7. The van der Waals surface area contributed by atoms with E-state index >= 15 is 0 Å². The Morgan fingerprint density at radius 2 is 1.50 bits per heavy atom. The molecule has 1 atom stereocenters. The van der Waals surface area contributed by atoms with Crippen LogP contribution in [0.3, 0.4) is 0 Å². The van der Waals surface area contributed by atoms with E-state index in [9.17, 15) is 4.39 Å². The minimum absolute atomic E-state index is 0.514. The Balaban J connectivity index is 0.000000600. The van der Waals surface area contributed by atoms with Crippen LogP contribution in [0.4, 0.5) is 4.39 Å². The zero-order valence-corrected chi connectivity index (χ0v) is 23.5. The van der Waals surface area contributed by atoms with Gasteiger partial charge in [0.25, 0.3) is 0 Å². The SMILES string of the molecule is C=C(C)c1ccccc1.C=C(N=C(CC)C(C)(C)F)c1ccc(C(=C)NCC(C)CCCCC)cc1. The van der Waals surface area contributed by atoms with Crippen LogP contribution in [-0.4, -0.2) is 17.9 Å². The molecule has 0 heterocycles. The van der Waals surface area contributed by atoms with Crippen LogP contribution >= 0.6 is 0 Å². The van der Waals surface area contributed by atoms with Gasteiger partial charge in [-0.1, -0.05) is 120 Å². The van der Waals surface area contributed by atoms with Crippen molar-refractivity contribution >= 4 is 22.7 Å². The van der Waals surface area contributed by atoms with E-state index in [-0.39, 0.29) is 0 Å². The maximum Gasteiger partial charge on any atom is 0.143 e. The lowest BCUT2D eigenvalue weighted by molar-refractivity contribution is 0.310. The van der Waals surface area contributed by atoms with Crippen molar-refractivity contribution in [3.8, 4) is 0 Å². The van der Waals surface area contributed by atoms with Crippen molar-refractivity contribution in [1.82, 2.24) is 5.32 Å². The summed E-state index contributed by atoms with van der Waals surface area (Å²) in [6, 6.07) is 18.1. The largest absolute Gasteiger partial charge is 0.385 e. The lowest BCUT2D eigenvalue weighted by Gasteiger charge is -2.17. The predicted octanol–water partition coefficient (Wildman–Crippen LogP) is 9.75. The molecule has 1 N–H and O–H groups in total. The fraction of sp³-hybridized carbons (Fsp3) is 0.424. The van der Waals surface area contributed by atoms with Crippen molar-refractivity contribution in [1.29, 1.82) is 0 Å². The first kappa shape index (κ1) is 31.1. The molecule has 1 unspecified atom stereocenters. The van der Waals surface area contributed by atoms with Crippen molar-refractivity contribution in [3.63, 3.8) is 0 Å². The normalized spacial score (nSPS) is 12.2. The number of hydrogen-bond donors (Lipinski definition) is 1. The quantitative estimate of drug-likeness (QED) is 0.219. The lowest BCUT2D eigenvalue weighted by atomic mass is 10.0. The van der Waals surface area contributed by atoms with E-state index in [1.54, 1.807) is 0 Å². The first-order chi connectivity index (χ1) is 17.0. The summed E-state index contributed by atoms with van der Waals surface area (Å²) in [5.41, 5.74) is 4.90. The summed E-state index contributed by atoms with van der Waals surface area (Å²) < 4.78 is 14.2. The van der Waals surface area contributed by atoms with Gasteiger partial charge in [-0.2, -0.15) is 0 Å². The molecule has 0 radical (unpaired) electrons. The summed E-state index contributed by atoms with van der Waals surface area (Å²) in [4.78, 5) is 4.42. The van der Waals surface area contributed by atoms with E-state index in [0.29, 0.717) is 23.7 Å². The Bertz CT molecular complexity index is 979. The third-order valence-electron chi connectivity index (χ3n) is 6.09. The molecule has 0 aliphatic heterocycles. The average Bonchev–Trinajstić information content (AvgIpc) is 2.86. The highest BCUT2D eigenvalue weighted by Crippen LogP contribution is 2.22. The van der Waals surface area contributed by atoms with Gasteiger partial charge in [-0.25, -0.2) is 4.39 Å². The first-order valence-corrected chi connectivity index (χ1v) is 13.2. The van der Waals surface area contributed by atoms with Gasteiger partial charge in [0.1, 0.15) is 5.67 Å². The van der Waals surface area contributed by atoms with Gasteiger partial charge in [0.15, 0.2) is 0 Å². The van der Waals surface area contributed by atoms with Crippen LogP contribution in [0, 0.1) is 5.92 Å². The van der Waals surface area contributed by atoms with Gasteiger partial charge in [0.2, 0.25) is 0 Å². The van der Waals surface area contributed by atoms with Crippen molar-refractivity contribution < 1.29 is 4.39 Å². The number of nitrogens with one attached hydrogen (secondary N) is 1. The number of rotatable bonds is 13. The molecule has 196 valence electrons. The van der Waals surface area contributed by atoms with Crippen LogP contribution in [0.1, 0.15) is 90.3 Å². The molecule has 0 aliphatic carbocycles. The van der Waals surface area contributed by atoms with E-state index in [4.69, 9.17) is 0 Å². The number of nitrogens with zero attached hydrogens (tertiary/aromatic N) is 1. The molecule has 2 nitrogen and oxygen atoms in total. The summed E-state index contributed by atoms with van der Waals surface area (Å²) in [5.74, 6) is 0.637. The third-order valence-corrected chi connectivity index (χ3v) is 6.09. The average molecular weight is 491 g/mol. The molecule has 0 saturated heterocycles. The fourth-order valence-corrected chi connectivity index (χ4v) is 3.69. The molecule has 0 aliphatic rings. The van der Waals surface area contributed by atoms with Gasteiger partial charge in [0, 0.05) is 12.2 Å². The molecule has 0 amide bonds. The molecule has 2 rings (SSSR count). The molecule has 0 fully saturated rings. The van der Waals surface area contributed by atoms with Crippen LogP contribution in [0.15, 0.2) is 79.3 Å². The highest BCUT2D eigenvalue weighted by atomic mass is 19.1. The highest BCUT2D eigenvalue weighted by Gasteiger charge is 2.22. The van der Waals surface area contributed by atoms with Gasteiger partial charge < -0.3 is 5.32 Å². The topological polar surface area (TPSA) is 24.4 Å². The van der Waals surface area contributed by atoms with Crippen LogP contribution in [0.2, 0.25) is 0 Å².